The summed E-state index contributed by atoms with van der Waals surface area (Å²) in [6.07, 6.45) is 0. The zero-order chi connectivity index (χ0) is 10.8. The third-order valence-corrected chi connectivity index (χ3v) is 3.15. The van der Waals surface area contributed by atoms with Crippen molar-refractivity contribution in [1.29, 1.82) is 0 Å². The van der Waals surface area contributed by atoms with Crippen molar-refractivity contribution in [3.05, 3.63) is 35.9 Å². The third-order valence-electron chi connectivity index (χ3n) is 2.03. The van der Waals surface area contributed by atoms with Gasteiger partial charge in [-0.2, -0.15) is 0 Å². The Morgan fingerprint density at radius 2 is 1.50 bits per heavy atom. The summed E-state index contributed by atoms with van der Waals surface area (Å²) in [6, 6.07) is 10.4. The third kappa shape index (κ3) is 3.27. The summed E-state index contributed by atoms with van der Waals surface area (Å²) in [4.78, 5) is 0. The van der Waals surface area contributed by atoms with Crippen LogP contribution in [0.1, 0.15) is 19.4 Å². The zero-order valence-electron chi connectivity index (χ0n) is 9.79. The lowest BCUT2D eigenvalue weighted by atomic mass is 9.99. The normalized spacial score (nSPS) is 12.9. The summed E-state index contributed by atoms with van der Waals surface area (Å²) >= 11 is 0. The molecule has 1 aromatic carbocycles. The summed E-state index contributed by atoms with van der Waals surface area (Å²) in [5, 5.41) is 0. The molecule has 14 heavy (non-hydrogen) atoms. The van der Waals surface area contributed by atoms with Gasteiger partial charge in [0.1, 0.15) is 0 Å². The Balaban J connectivity index is 2.86. The zero-order valence-corrected chi connectivity index (χ0v) is 10.8. The maximum atomic E-state index is 6.15. The van der Waals surface area contributed by atoms with Gasteiger partial charge in [-0.3, -0.25) is 0 Å². The quantitative estimate of drug-likeness (QED) is 0.687. The molecule has 0 aromatic heterocycles. The van der Waals surface area contributed by atoms with Gasteiger partial charge in [0.2, 0.25) is 0 Å². The van der Waals surface area contributed by atoms with Crippen molar-refractivity contribution in [3.8, 4) is 0 Å². The molecule has 0 amide bonds. The van der Waals surface area contributed by atoms with Crippen LogP contribution in [0.2, 0.25) is 19.6 Å². The topological polar surface area (TPSA) is 9.23 Å². The molecule has 0 saturated heterocycles. The van der Waals surface area contributed by atoms with Gasteiger partial charge in [0.15, 0.2) is 8.32 Å². The minimum atomic E-state index is -1.48. The molecule has 1 nitrogen and oxygen atoms in total. The van der Waals surface area contributed by atoms with Gasteiger partial charge in [-0.25, -0.2) is 0 Å². The molecule has 0 saturated carbocycles. The molecule has 0 heterocycles. The lowest BCUT2D eigenvalue weighted by Crippen LogP contribution is -2.36. The van der Waals surface area contributed by atoms with Crippen molar-refractivity contribution < 1.29 is 4.43 Å². The molecule has 78 valence electrons. The fourth-order valence-electron chi connectivity index (χ4n) is 1.66. The second-order valence-corrected chi connectivity index (χ2v) is 9.52. The van der Waals surface area contributed by atoms with E-state index in [1.165, 1.54) is 5.56 Å². The average molecular weight is 208 g/mol. The second kappa shape index (κ2) is 3.87. The van der Waals surface area contributed by atoms with E-state index >= 15 is 0 Å². The standard InChI is InChI=1S/C12H20OSi/c1-12(2,13-14(3,4)5)11-9-7-6-8-10-11/h6-10H,1-5H3. The van der Waals surface area contributed by atoms with E-state index in [1.54, 1.807) is 0 Å². The number of hydrogen-bond acceptors (Lipinski definition) is 1. The molecule has 0 aliphatic rings. The van der Waals surface area contributed by atoms with Crippen molar-refractivity contribution in [3.63, 3.8) is 0 Å². The van der Waals surface area contributed by atoms with Crippen molar-refractivity contribution >= 4 is 8.32 Å². The Hall–Kier alpha value is -0.603. The first-order chi connectivity index (χ1) is 6.31. The van der Waals surface area contributed by atoms with Crippen LogP contribution in [-0.2, 0) is 10.0 Å². The summed E-state index contributed by atoms with van der Waals surface area (Å²) in [5.41, 5.74) is 1.09. The van der Waals surface area contributed by atoms with Crippen LogP contribution in [0.4, 0.5) is 0 Å². The maximum Gasteiger partial charge on any atom is 0.184 e. The molecule has 0 fully saturated rings. The smallest absolute Gasteiger partial charge is 0.184 e. The van der Waals surface area contributed by atoms with Gasteiger partial charge in [0.25, 0.3) is 0 Å². The van der Waals surface area contributed by atoms with Gasteiger partial charge in [0, 0.05) is 0 Å². The van der Waals surface area contributed by atoms with Crippen LogP contribution in [0.15, 0.2) is 30.3 Å². The number of rotatable bonds is 3. The van der Waals surface area contributed by atoms with E-state index in [0.717, 1.165) is 0 Å². The molecular weight excluding hydrogens is 188 g/mol. The van der Waals surface area contributed by atoms with Crippen molar-refractivity contribution in [1.82, 2.24) is 0 Å². The molecule has 2 heteroatoms. The SMILES string of the molecule is CC(C)(O[Si](C)(C)C)c1ccccc1. The summed E-state index contributed by atoms with van der Waals surface area (Å²) in [6.45, 7) is 10.9. The number of hydrogen-bond donors (Lipinski definition) is 0. The Kier molecular flexibility index (Phi) is 3.17. The van der Waals surface area contributed by atoms with Crippen LogP contribution >= 0.6 is 0 Å². The van der Waals surface area contributed by atoms with Gasteiger partial charge < -0.3 is 4.43 Å². The van der Waals surface area contributed by atoms with Crippen molar-refractivity contribution in [2.45, 2.75) is 39.1 Å². The maximum absolute atomic E-state index is 6.15. The molecule has 0 bridgehead atoms. The fraction of sp³-hybridized carbons (Fsp3) is 0.500. The molecule has 1 aromatic rings. The summed E-state index contributed by atoms with van der Waals surface area (Å²) in [7, 11) is -1.48. The van der Waals surface area contributed by atoms with Crippen LogP contribution in [0.5, 0.6) is 0 Å². The van der Waals surface area contributed by atoms with Gasteiger partial charge in [-0.05, 0) is 39.1 Å². The largest absolute Gasteiger partial charge is 0.409 e. The van der Waals surface area contributed by atoms with E-state index in [0.29, 0.717) is 0 Å². The summed E-state index contributed by atoms with van der Waals surface area (Å²) in [5.74, 6) is 0. The molecule has 1 rings (SSSR count). The van der Waals surface area contributed by atoms with E-state index in [9.17, 15) is 0 Å². The predicted molar refractivity (Wildman–Crippen MR) is 63.9 cm³/mol. The molecule has 0 atom stereocenters. The van der Waals surface area contributed by atoms with E-state index < -0.39 is 8.32 Å². The van der Waals surface area contributed by atoms with Crippen LogP contribution in [0.3, 0.4) is 0 Å². The molecule has 0 radical (unpaired) electrons. The van der Waals surface area contributed by atoms with Gasteiger partial charge in [0.05, 0.1) is 5.60 Å². The number of benzene rings is 1. The molecule has 0 aliphatic heterocycles. The molecule has 0 unspecified atom stereocenters. The fourth-order valence-corrected chi connectivity index (χ4v) is 3.31. The molecular formula is C12H20OSi. The van der Waals surface area contributed by atoms with Crippen LogP contribution in [0, 0.1) is 0 Å². The molecule has 0 aliphatic carbocycles. The summed E-state index contributed by atoms with van der Waals surface area (Å²) < 4.78 is 6.15. The highest BCUT2D eigenvalue weighted by Crippen LogP contribution is 2.28. The molecule has 0 spiro atoms. The van der Waals surface area contributed by atoms with E-state index in [1.807, 2.05) is 6.07 Å². The Bertz CT molecular complexity index is 285. The van der Waals surface area contributed by atoms with Gasteiger partial charge in [-0.1, -0.05) is 30.3 Å². The van der Waals surface area contributed by atoms with Crippen LogP contribution in [-0.4, -0.2) is 8.32 Å². The van der Waals surface area contributed by atoms with Crippen molar-refractivity contribution in [2.24, 2.45) is 0 Å². The highest BCUT2D eigenvalue weighted by Gasteiger charge is 2.28. The lowest BCUT2D eigenvalue weighted by molar-refractivity contribution is 0.100. The average Bonchev–Trinajstić information content (AvgIpc) is 2.01. The minimum Gasteiger partial charge on any atom is -0.409 e. The van der Waals surface area contributed by atoms with E-state index in [2.05, 4.69) is 57.8 Å². The Morgan fingerprint density at radius 3 is 1.93 bits per heavy atom. The lowest BCUT2D eigenvalue weighted by Gasteiger charge is -2.33. The molecule has 0 N–H and O–H groups in total. The predicted octanol–water partition coefficient (Wildman–Crippen LogP) is 3.77. The van der Waals surface area contributed by atoms with Crippen LogP contribution in [0.25, 0.3) is 0 Å². The van der Waals surface area contributed by atoms with E-state index in [4.69, 9.17) is 4.43 Å². The first-order valence-electron chi connectivity index (χ1n) is 5.07. The highest BCUT2D eigenvalue weighted by molar-refractivity contribution is 6.69. The first-order valence-corrected chi connectivity index (χ1v) is 8.48. The van der Waals surface area contributed by atoms with Crippen LogP contribution < -0.4 is 0 Å². The Labute approximate surface area is 88.2 Å². The monoisotopic (exact) mass is 208 g/mol. The van der Waals surface area contributed by atoms with Crippen molar-refractivity contribution in [2.75, 3.05) is 0 Å². The minimum absolute atomic E-state index is 0.161. The van der Waals surface area contributed by atoms with E-state index in [-0.39, 0.29) is 5.60 Å². The Morgan fingerprint density at radius 1 is 1.00 bits per heavy atom. The van der Waals surface area contributed by atoms with Gasteiger partial charge in [-0.15, -0.1) is 0 Å². The van der Waals surface area contributed by atoms with Gasteiger partial charge >= 0.3 is 0 Å². The highest BCUT2D eigenvalue weighted by atomic mass is 28.4. The first kappa shape index (κ1) is 11.5. The second-order valence-electron chi connectivity index (χ2n) is 5.09.